The molecule has 2 N–H and O–H groups in total. The van der Waals surface area contributed by atoms with Crippen molar-refractivity contribution < 1.29 is 10.2 Å². The number of benzene rings is 3. The predicted molar refractivity (Wildman–Crippen MR) is 78.4 cm³/mol. The third-order valence-corrected chi connectivity index (χ3v) is 3.54. The van der Waals surface area contributed by atoms with Crippen LogP contribution in [0.2, 0.25) is 0 Å². The van der Waals surface area contributed by atoms with Crippen LogP contribution >= 0.6 is 0 Å². The van der Waals surface area contributed by atoms with Crippen LogP contribution in [0.25, 0.3) is 21.5 Å². The zero-order chi connectivity index (χ0) is 13.6. The van der Waals surface area contributed by atoms with Gasteiger partial charge in [0.15, 0.2) is 0 Å². The Balaban J connectivity index is 2.53. The van der Waals surface area contributed by atoms with Crippen molar-refractivity contribution in [2.75, 3.05) is 0 Å². The quantitative estimate of drug-likeness (QED) is 0.644. The molecular weight excluding hydrogens is 236 g/mol. The maximum atomic E-state index is 10.3. The molecular formula is C17H16O2. The summed E-state index contributed by atoms with van der Waals surface area (Å²) in [6.07, 6.45) is 0. The van der Waals surface area contributed by atoms with Gasteiger partial charge in [-0.15, -0.1) is 0 Å². The monoisotopic (exact) mass is 252 g/mol. The van der Waals surface area contributed by atoms with E-state index in [4.69, 9.17) is 0 Å². The fraction of sp³-hybridized carbons (Fsp3) is 0.176. The number of hydrogen-bond donors (Lipinski definition) is 2. The van der Waals surface area contributed by atoms with Gasteiger partial charge in [0.2, 0.25) is 0 Å². The lowest BCUT2D eigenvalue weighted by Crippen LogP contribution is -2.15. The van der Waals surface area contributed by atoms with E-state index in [0.29, 0.717) is 0 Å². The topological polar surface area (TPSA) is 40.5 Å². The molecule has 0 unspecified atom stereocenters. The average molecular weight is 252 g/mol. The van der Waals surface area contributed by atoms with Gasteiger partial charge >= 0.3 is 0 Å². The lowest BCUT2D eigenvalue weighted by molar-refractivity contribution is 0.0802. The summed E-state index contributed by atoms with van der Waals surface area (Å²) < 4.78 is 0. The van der Waals surface area contributed by atoms with Crippen molar-refractivity contribution >= 4 is 21.5 Å². The minimum atomic E-state index is -0.936. The molecule has 0 radical (unpaired) electrons. The van der Waals surface area contributed by atoms with Gasteiger partial charge in [-0.3, -0.25) is 0 Å². The van der Waals surface area contributed by atoms with E-state index in [-0.39, 0.29) is 5.75 Å². The van der Waals surface area contributed by atoms with Crippen LogP contribution in [0.15, 0.2) is 48.5 Å². The molecule has 0 atom stereocenters. The number of hydrogen-bond acceptors (Lipinski definition) is 2. The fourth-order valence-corrected chi connectivity index (χ4v) is 2.64. The van der Waals surface area contributed by atoms with Crippen molar-refractivity contribution in [3.63, 3.8) is 0 Å². The molecule has 0 aliphatic carbocycles. The van der Waals surface area contributed by atoms with E-state index in [9.17, 15) is 10.2 Å². The molecule has 0 amide bonds. The van der Waals surface area contributed by atoms with Crippen molar-refractivity contribution in [1.29, 1.82) is 0 Å². The number of aromatic hydroxyl groups is 1. The van der Waals surface area contributed by atoms with Gasteiger partial charge in [0.25, 0.3) is 0 Å². The highest BCUT2D eigenvalue weighted by molar-refractivity contribution is 6.11. The molecule has 0 aliphatic heterocycles. The number of fused-ring (bicyclic) bond motifs is 3. The van der Waals surface area contributed by atoms with Crippen LogP contribution in [0, 0.1) is 0 Å². The summed E-state index contributed by atoms with van der Waals surface area (Å²) in [5.74, 6) is 0.250. The van der Waals surface area contributed by atoms with Crippen LogP contribution in [-0.2, 0) is 5.60 Å². The van der Waals surface area contributed by atoms with Gasteiger partial charge in [-0.2, -0.15) is 0 Å². The Hall–Kier alpha value is -2.06. The summed E-state index contributed by atoms with van der Waals surface area (Å²) in [4.78, 5) is 0. The van der Waals surface area contributed by atoms with Gasteiger partial charge in [0, 0.05) is 5.39 Å². The summed E-state index contributed by atoms with van der Waals surface area (Å²) in [5, 5.41) is 24.2. The summed E-state index contributed by atoms with van der Waals surface area (Å²) in [7, 11) is 0. The van der Waals surface area contributed by atoms with Crippen LogP contribution in [0.1, 0.15) is 19.4 Å². The highest BCUT2D eigenvalue weighted by Crippen LogP contribution is 2.37. The van der Waals surface area contributed by atoms with E-state index < -0.39 is 5.60 Å². The van der Waals surface area contributed by atoms with Crippen LogP contribution in [0.5, 0.6) is 5.75 Å². The van der Waals surface area contributed by atoms with Crippen molar-refractivity contribution in [2.45, 2.75) is 19.4 Å². The lowest BCUT2D eigenvalue weighted by atomic mass is 9.90. The number of rotatable bonds is 1. The summed E-state index contributed by atoms with van der Waals surface area (Å²) in [5.41, 5.74) is -0.111. The third-order valence-electron chi connectivity index (χ3n) is 3.54. The Bertz CT molecular complexity index is 767. The van der Waals surface area contributed by atoms with Crippen LogP contribution in [0.3, 0.4) is 0 Å². The largest absolute Gasteiger partial charge is 0.507 e. The molecule has 0 fully saturated rings. The van der Waals surface area contributed by atoms with Gasteiger partial charge < -0.3 is 10.2 Å². The zero-order valence-corrected chi connectivity index (χ0v) is 11.0. The highest BCUT2D eigenvalue weighted by atomic mass is 16.3. The van der Waals surface area contributed by atoms with Crippen molar-refractivity contribution in [1.82, 2.24) is 0 Å². The van der Waals surface area contributed by atoms with E-state index in [1.165, 1.54) is 0 Å². The Morgan fingerprint density at radius 2 is 1.37 bits per heavy atom. The number of aliphatic hydroxyl groups is 1. The molecule has 3 rings (SSSR count). The number of phenolic OH excluding ortho intramolecular Hbond substituents is 1. The first-order valence-corrected chi connectivity index (χ1v) is 6.35. The first-order valence-electron chi connectivity index (χ1n) is 6.35. The maximum Gasteiger partial charge on any atom is 0.124 e. The van der Waals surface area contributed by atoms with Gasteiger partial charge in [-0.25, -0.2) is 0 Å². The first kappa shape index (κ1) is 12.0. The van der Waals surface area contributed by atoms with Gasteiger partial charge in [0.1, 0.15) is 5.75 Å². The molecule has 0 heterocycles. The lowest BCUT2D eigenvalue weighted by Gasteiger charge is -2.21. The molecule has 0 bridgehead atoms. The SMILES string of the molecule is CC(C)(O)c1cccc2c1cc(O)c1ccccc12. The van der Waals surface area contributed by atoms with Crippen molar-refractivity contribution in [2.24, 2.45) is 0 Å². The van der Waals surface area contributed by atoms with Crippen molar-refractivity contribution in [3.05, 3.63) is 54.1 Å². The standard InChI is InChI=1S/C17H16O2/c1-17(2,19)15-9-5-8-12-11-6-3-4-7-13(11)16(18)10-14(12)15/h3-10,18-19H,1-2H3. The molecule has 0 aliphatic rings. The molecule has 0 saturated carbocycles. The Morgan fingerprint density at radius 1 is 0.789 bits per heavy atom. The van der Waals surface area contributed by atoms with Crippen LogP contribution < -0.4 is 0 Å². The average Bonchev–Trinajstić information content (AvgIpc) is 2.37. The normalized spacial score (nSPS) is 12.2. The Morgan fingerprint density at radius 3 is 2.05 bits per heavy atom. The van der Waals surface area contributed by atoms with E-state index in [0.717, 1.165) is 27.1 Å². The molecule has 3 aromatic carbocycles. The molecule has 3 aromatic rings. The Labute approximate surface area is 111 Å². The number of phenols is 1. The summed E-state index contributed by atoms with van der Waals surface area (Å²) in [6, 6.07) is 15.4. The van der Waals surface area contributed by atoms with Gasteiger partial charge in [-0.05, 0) is 41.6 Å². The molecule has 2 nitrogen and oxygen atoms in total. The minimum absolute atomic E-state index is 0.250. The predicted octanol–water partition coefficient (Wildman–Crippen LogP) is 3.93. The second-order valence-corrected chi connectivity index (χ2v) is 5.40. The second kappa shape index (κ2) is 3.97. The molecule has 2 heteroatoms. The van der Waals surface area contributed by atoms with E-state index >= 15 is 0 Å². The van der Waals surface area contributed by atoms with Gasteiger partial charge in [0.05, 0.1) is 5.60 Å². The minimum Gasteiger partial charge on any atom is -0.507 e. The molecule has 0 aromatic heterocycles. The molecule has 0 spiro atoms. The maximum absolute atomic E-state index is 10.3. The van der Waals surface area contributed by atoms with E-state index in [1.807, 2.05) is 42.5 Å². The third kappa shape index (κ3) is 1.85. The summed E-state index contributed by atoms with van der Waals surface area (Å²) >= 11 is 0. The molecule has 0 saturated heterocycles. The van der Waals surface area contributed by atoms with Crippen LogP contribution in [0.4, 0.5) is 0 Å². The smallest absolute Gasteiger partial charge is 0.124 e. The first-order chi connectivity index (χ1) is 8.98. The Kier molecular flexibility index (Phi) is 2.51. The molecule has 19 heavy (non-hydrogen) atoms. The van der Waals surface area contributed by atoms with E-state index in [2.05, 4.69) is 0 Å². The van der Waals surface area contributed by atoms with Crippen LogP contribution in [-0.4, -0.2) is 10.2 Å². The fourth-order valence-electron chi connectivity index (χ4n) is 2.64. The van der Waals surface area contributed by atoms with Crippen molar-refractivity contribution in [3.8, 4) is 5.75 Å². The summed E-state index contributed by atoms with van der Waals surface area (Å²) in [6.45, 7) is 3.52. The van der Waals surface area contributed by atoms with Gasteiger partial charge in [-0.1, -0.05) is 42.5 Å². The molecule has 96 valence electrons. The van der Waals surface area contributed by atoms with E-state index in [1.54, 1.807) is 19.9 Å². The highest BCUT2D eigenvalue weighted by Gasteiger charge is 2.19. The zero-order valence-electron chi connectivity index (χ0n) is 11.0. The second-order valence-electron chi connectivity index (χ2n) is 5.40.